The molecule has 0 fully saturated rings. The molecule has 0 rings (SSSR count). The van der Waals surface area contributed by atoms with Crippen LogP contribution in [0.2, 0.25) is 0 Å². The third-order valence-electron chi connectivity index (χ3n) is 3.07. The first kappa shape index (κ1) is 19.5. The lowest BCUT2D eigenvalue weighted by atomic mass is 9.98. The zero-order valence-electron chi connectivity index (χ0n) is 12.9. The number of rotatable bonds is 8. The van der Waals surface area contributed by atoms with Crippen LogP contribution < -0.4 is 0 Å². The smallest absolute Gasteiger partial charge is 0.410 e. The van der Waals surface area contributed by atoms with E-state index in [1.54, 1.807) is 13.8 Å². The summed E-state index contributed by atoms with van der Waals surface area (Å²) in [6.45, 7) is 9.92. The van der Waals surface area contributed by atoms with Crippen molar-refractivity contribution in [3.63, 3.8) is 0 Å². The van der Waals surface area contributed by atoms with Gasteiger partial charge in [0.25, 0.3) is 0 Å². The molecular formula is C14H23F2NO4. The highest BCUT2D eigenvalue weighted by Gasteiger charge is 2.50. The minimum Gasteiger partial charge on any atom is -0.438 e. The van der Waals surface area contributed by atoms with Crippen molar-refractivity contribution in [1.29, 1.82) is 0 Å². The van der Waals surface area contributed by atoms with Gasteiger partial charge in [-0.05, 0) is 32.8 Å². The molecule has 0 unspecified atom stereocenters. The fourth-order valence-electron chi connectivity index (χ4n) is 1.66. The maximum Gasteiger partial charge on any atom is 0.410 e. The van der Waals surface area contributed by atoms with E-state index in [0.717, 1.165) is 0 Å². The molecule has 0 aliphatic carbocycles. The van der Waals surface area contributed by atoms with E-state index in [-0.39, 0.29) is 12.0 Å². The van der Waals surface area contributed by atoms with Crippen molar-refractivity contribution in [1.82, 2.24) is 4.90 Å². The van der Waals surface area contributed by atoms with E-state index in [1.807, 2.05) is 0 Å². The van der Waals surface area contributed by atoms with Gasteiger partial charge in [0.2, 0.25) is 5.78 Å². The van der Waals surface area contributed by atoms with E-state index in [0.29, 0.717) is 13.1 Å². The molecule has 7 heteroatoms. The molecule has 0 aromatic heterocycles. The number of hydrogen-bond donors (Lipinski definition) is 1. The molecule has 0 radical (unpaired) electrons. The highest BCUT2D eigenvalue weighted by molar-refractivity contribution is 5.92. The summed E-state index contributed by atoms with van der Waals surface area (Å²) in [5.41, 5.74) is -0.238. The van der Waals surface area contributed by atoms with Gasteiger partial charge < -0.3 is 14.7 Å². The first-order chi connectivity index (χ1) is 9.63. The van der Waals surface area contributed by atoms with Crippen molar-refractivity contribution < 1.29 is 28.2 Å². The van der Waals surface area contributed by atoms with Crippen molar-refractivity contribution in [3.8, 4) is 0 Å². The van der Waals surface area contributed by atoms with Gasteiger partial charge in [-0.2, -0.15) is 8.78 Å². The largest absolute Gasteiger partial charge is 0.438 e. The molecule has 0 bridgehead atoms. The van der Waals surface area contributed by atoms with Crippen molar-refractivity contribution in [2.75, 3.05) is 13.1 Å². The second kappa shape index (κ2) is 8.07. The minimum atomic E-state index is -4.05. The maximum atomic E-state index is 13.8. The van der Waals surface area contributed by atoms with Crippen LogP contribution in [0.5, 0.6) is 0 Å². The molecule has 5 nitrogen and oxygen atoms in total. The highest BCUT2D eigenvalue weighted by atomic mass is 19.3. The van der Waals surface area contributed by atoms with E-state index in [1.165, 1.54) is 18.7 Å². The summed E-state index contributed by atoms with van der Waals surface area (Å²) in [5.74, 6) is -5.67. The van der Waals surface area contributed by atoms with Crippen LogP contribution in [0.25, 0.3) is 0 Å². The molecule has 0 spiro atoms. The van der Waals surface area contributed by atoms with E-state index in [9.17, 15) is 23.5 Å². The van der Waals surface area contributed by atoms with Crippen LogP contribution in [-0.4, -0.2) is 53.1 Å². The Morgan fingerprint density at radius 3 is 2.10 bits per heavy atom. The Bertz CT molecular complexity index is 394. The van der Waals surface area contributed by atoms with Gasteiger partial charge >= 0.3 is 12.0 Å². The number of carbonyl (C=O) groups excluding carboxylic acids is 2. The number of alkyl halides is 2. The number of aliphatic hydroxyl groups excluding tert-OH is 1. The van der Waals surface area contributed by atoms with Gasteiger partial charge in [-0.1, -0.05) is 13.5 Å². The second-order valence-corrected chi connectivity index (χ2v) is 4.69. The molecule has 1 N–H and O–H groups in total. The van der Waals surface area contributed by atoms with Crippen LogP contribution in [0.15, 0.2) is 12.2 Å². The van der Waals surface area contributed by atoms with Gasteiger partial charge in [-0.3, -0.25) is 4.79 Å². The Morgan fingerprint density at radius 2 is 1.76 bits per heavy atom. The normalized spacial score (nSPS) is 14.2. The van der Waals surface area contributed by atoms with Gasteiger partial charge in [0.15, 0.2) is 6.10 Å². The molecule has 21 heavy (non-hydrogen) atoms. The number of aliphatic hydroxyl groups is 1. The molecule has 122 valence electrons. The van der Waals surface area contributed by atoms with Crippen molar-refractivity contribution in [3.05, 3.63) is 12.2 Å². The number of Topliss-reactive ketones (excluding diaryl/α,β-unsaturated/α-hetero) is 1. The van der Waals surface area contributed by atoms with Crippen molar-refractivity contribution in [2.24, 2.45) is 0 Å². The SMILES string of the molecule is C=C(C)[C@H](O)C(F)(F)C(=O)[C@@H](CC)OC(=O)N(CC)CC. The summed E-state index contributed by atoms with van der Waals surface area (Å²) in [6, 6.07) is 0. The summed E-state index contributed by atoms with van der Waals surface area (Å²) in [7, 11) is 0. The summed E-state index contributed by atoms with van der Waals surface area (Å²) in [5, 5.41) is 9.38. The summed E-state index contributed by atoms with van der Waals surface area (Å²) < 4.78 is 32.5. The number of ether oxygens (including phenoxy) is 1. The summed E-state index contributed by atoms with van der Waals surface area (Å²) in [4.78, 5) is 24.8. The lowest BCUT2D eigenvalue weighted by Crippen LogP contribution is -2.49. The van der Waals surface area contributed by atoms with E-state index >= 15 is 0 Å². The highest BCUT2D eigenvalue weighted by Crippen LogP contribution is 2.27. The Kier molecular flexibility index (Phi) is 7.49. The van der Waals surface area contributed by atoms with Crippen LogP contribution in [-0.2, 0) is 9.53 Å². The first-order valence-electron chi connectivity index (χ1n) is 6.84. The van der Waals surface area contributed by atoms with E-state index < -0.39 is 30.0 Å². The van der Waals surface area contributed by atoms with Gasteiger partial charge in [-0.15, -0.1) is 0 Å². The average molecular weight is 307 g/mol. The standard InChI is InChI=1S/C14H23F2NO4/c1-6-10(21-13(20)17(7-2)8-3)12(19)14(15,16)11(18)9(4)5/h10-11,18H,4,6-8H2,1-3,5H3/t10-,11+/m1/s1. The fourth-order valence-corrected chi connectivity index (χ4v) is 1.66. The fraction of sp³-hybridized carbons (Fsp3) is 0.714. The second-order valence-electron chi connectivity index (χ2n) is 4.69. The van der Waals surface area contributed by atoms with E-state index in [4.69, 9.17) is 4.74 Å². The number of carbonyl (C=O) groups is 2. The lowest BCUT2D eigenvalue weighted by molar-refractivity contribution is -0.165. The maximum absolute atomic E-state index is 13.8. The molecule has 0 saturated heterocycles. The van der Waals surface area contributed by atoms with Crippen LogP contribution in [0.4, 0.5) is 13.6 Å². The molecule has 1 amide bonds. The Morgan fingerprint density at radius 1 is 1.29 bits per heavy atom. The van der Waals surface area contributed by atoms with Crippen LogP contribution >= 0.6 is 0 Å². The number of halogens is 2. The molecule has 0 aromatic rings. The number of hydrogen-bond acceptors (Lipinski definition) is 4. The molecule has 0 aromatic carbocycles. The van der Waals surface area contributed by atoms with Crippen LogP contribution in [0.3, 0.4) is 0 Å². The number of nitrogens with zero attached hydrogens (tertiary/aromatic N) is 1. The molecule has 2 atom stereocenters. The van der Waals surface area contributed by atoms with Crippen molar-refractivity contribution in [2.45, 2.75) is 52.2 Å². The zero-order valence-corrected chi connectivity index (χ0v) is 12.9. The van der Waals surface area contributed by atoms with Gasteiger partial charge in [-0.25, -0.2) is 4.79 Å². The van der Waals surface area contributed by atoms with Gasteiger partial charge in [0, 0.05) is 13.1 Å². The van der Waals surface area contributed by atoms with E-state index in [2.05, 4.69) is 6.58 Å². The quantitative estimate of drug-likeness (QED) is 0.699. The molecular weight excluding hydrogens is 284 g/mol. The third kappa shape index (κ3) is 4.77. The Labute approximate surface area is 123 Å². The first-order valence-corrected chi connectivity index (χ1v) is 6.84. The Hall–Kier alpha value is -1.50. The summed E-state index contributed by atoms with van der Waals surface area (Å²) >= 11 is 0. The monoisotopic (exact) mass is 307 g/mol. The van der Waals surface area contributed by atoms with Crippen LogP contribution in [0.1, 0.15) is 34.1 Å². The van der Waals surface area contributed by atoms with Crippen molar-refractivity contribution >= 4 is 11.9 Å². The predicted molar refractivity (Wildman–Crippen MR) is 74.3 cm³/mol. The number of amides is 1. The third-order valence-corrected chi connectivity index (χ3v) is 3.07. The van der Waals surface area contributed by atoms with Gasteiger partial charge in [0.1, 0.15) is 6.10 Å². The summed E-state index contributed by atoms with van der Waals surface area (Å²) in [6.07, 6.45) is -4.85. The molecule has 0 aliphatic rings. The minimum absolute atomic E-state index is 0.107. The predicted octanol–water partition coefficient (Wildman–Crippen LogP) is 2.38. The lowest BCUT2D eigenvalue weighted by Gasteiger charge is -2.27. The Balaban J connectivity index is 5.07. The molecule has 0 saturated carbocycles. The number of ketones is 1. The zero-order chi connectivity index (χ0) is 16.8. The average Bonchev–Trinajstić information content (AvgIpc) is 2.44. The topological polar surface area (TPSA) is 66.8 Å². The van der Waals surface area contributed by atoms with Crippen LogP contribution in [0, 0.1) is 0 Å². The van der Waals surface area contributed by atoms with Gasteiger partial charge in [0.05, 0.1) is 0 Å². The molecule has 0 aliphatic heterocycles. The molecule has 0 heterocycles.